The van der Waals surface area contributed by atoms with E-state index < -0.39 is 11.8 Å². The highest BCUT2D eigenvalue weighted by Crippen LogP contribution is 2.30. The maximum Gasteiger partial charge on any atom is 0.290 e. The standard InChI is InChI=1S/C20H18Cl2N2O4/c1-3-24(11-17(25)23-18-13(21)7-5-8-14(18)22)20(26)16-10-12-6-4-9-15(27-2)19(12)28-16/h4-10H,3,11H2,1-2H3,(H,23,25). The lowest BCUT2D eigenvalue weighted by Crippen LogP contribution is -2.37. The average Bonchev–Trinajstić information content (AvgIpc) is 3.13. The summed E-state index contributed by atoms with van der Waals surface area (Å²) in [7, 11) is 1.53. The number of carbonyl (C=O) groups is 2. The summed E-state index contributed by atoms with van der Waals surface area (Å²) in [5.74, 6) is -0.157. The van der Waals surface area contributed by atoms with Gasteiger partial charge in [-0.25, -0.2) is 0 Å². The van der Waals surface area contributed by atoms with E-state index in [0.29, 0.717) is 33.6 Å². The first kappa shape index (κ1) is 20.0. The average molecular weight is 421 g/mol. The molecule has 0 aliphatic heterocycles. The van der Waals surface area contributed by atoms with Crippen LogP contribution in [0.1, 0.15) is 17.5 Å². The number of carbonyl (C=O) groups excluding carboxylic acids is 2. The molecular weight excluding hydrogens is 403 g/mol. The van der Waals surface area contributed by atoms with E-state index in [0.717, 1.165) is 5.39 Å². The summed E-state index contributed by atoms with van der Waals surface area (Å²) < 4.78 is 10.9. The molecular formula is C20H18Cl2N2O4. The van der Waals surface area contributed by atoms with Gasteiger partial charge in [-0.1, -0.05) is 41.4 Å². The van der Waals surface area contributed by atoms with Gasteiger partial charge in [-0.05, 0) is 31.2 Å². The van der Waals surface area contributed by atoms with Crippen molar-refractivity contribution in [3.63, 3.8) is 0 Å². The van der Waals surface area contributed by atoms with Crippen LogP contribution in [0.5, 0.6) is 5.75 Å². The minimum atomic E-state index is -0.418. The Morgan fingerprint density at radius 3 is 2.46 bits per heavy atom. The van der Waals surface area contributed by atoms with Gasteiger partial charge in [0.2, 0.25) is 5.91 Å². The second-order valence-corrected chi connectivity index (χ2v) is 6.77. The van der Waals surface area contributed by atoms with Crippen LogP contribution in [-0.4, -0.2) is 36.9 Å². The van der Waals surface area contributed by atoms with E-state index in [1.54, 1.807) is 37.3 Å². The Morgan fingerprint density at radius 2 is 1.82 bits per heavy atom. The van der Waals surface area contributed by atoms with Gasteiger partial charge in [0.05, 0.1) is 22.8 Å². The molecule has 0 radical (unpaired) electrons. The van der Waals surface area contributed by atoms with Crippen LogP contribution >= 0.6 is 23.2 Å². The molecule has 0 aliphatic carbocycles. The monoisotopic (exact) mass is 420 g/mol. The summed E-state index contributed by atoms with van der Waals surface area (Å²) >= 11 is 12.1. The Hall–Kier alpha value is -2.70. The second kappa shape index (κ2) is 8.54. The van der Waals surface area contributed by atoms with E-state index in [1.807, 2.05) is 12.1 Å². The third kappa shape index (κ3) is 4.08. The van der Waals surface area contributed by atoms with Crippen LogP contribution in [0.2, 0.25) is 10.0 Å². The number of nitrogens with zero attached hydrogens (tertiary/aromatic N) is 1. The van der Waals surface area contributed by atoms with E-state index in [9.17, 15) is 9.59 Å². The zero-order chi connectivity index (χ0) is 20.3. The number of hydrogen-bond acceptors (Lipinski definition) is 4. The third-order valence-electron chi connectivity index (χ3n) is 4.17. The number of halogens is 2. The summed E-state index contributed by atoms with van der Waals surface area (Å²) in [5, 5.41) is 4.03. The van der Waals surface area contributed by atoms with Crippen molar-refractivity contribution in [1.82, 2.24) is 4.90 Å². The highest BCUT2D eigenvalue weighted by Gasteiger charge is 2.22. The molecule has 6 nitrogen and oxygen atoms in total. The van der Waals surface area contributed by atoms with Gasteiger partial charge in [0.1, 0.15) is 6.54 Å². The zero-order valence-corrected chi connectivity index (χ0v) is 16.8. The molecule has 146 valence electrons. The quantitative estimate of drug-likeness (QED) is 0.618. The van der Waals surface area contributed by atoms with Crippen LogP contribution < -0.4 is 10.1 Å². The molecule has 1 N–H and O–H groups in total. The van der Waals surface area contributed by atoms with Gasteiger partial charge >= 0.3 is 0 Å². The van der Waals surface area contributed by atoms with Gasteiger partial charge in [-0.3, -0.25) is 9.59 Å². The van der Waals surface area contributed by atoms with Crippen molar-refractivity contribution in [1.29, 1.82) is 0 Å². The number of anilines is 1. The van der Waals surface area contributed by atoms with E-state index in [4.69, 9.17) is 32.4 Å². The smallest absolute Gasteiger partial charge is 0.290 e. The number of hydrogen-bond donors (Lipinski definition) is 1. The Morgan fingerprint density at radius 1 is 1.14 bits per heavy atom. The number of rotatable bonds is 6. The first-order valence-corrected chi connectivity index (χ1v) is 9.29. The molecule has 0 unspecified atom stereocenters. The molecule has 1 heterocycles. The fraction of sp³-hybridized carbons (Fsp3) is 0.200. The van der Waals surface area contributed by atoms with Crippen LogP contribution in [0.3, 0.4) is 0 Å². The number of ether oxygens (including phenoxy) is 1. The fourth-order valence-corrected chi connectivity index (χ4v) is 3.25. The van der Waals surface area contributed by atoms with Crippen LogP contribution in [-0.2, 0) is 4.79 Å². The molecule has 0 spiro atoms. The Balaban J connectivity index is 1.77. The zero-order valence-electron chi connectivity index (χ0n) is 15.3. The number of methoxy groups -OCH3 is 1. The molecule has 28 heavy (non-hydrogen) atoms. The lowest BCUT2D eigenvalue weighted by Gasteiger charge is -2.19. The van der Waals surface area contributed by atoms with Gasteiger partial charge < -0.3 is 19.4 Å². The van der Waals surface area contributed by atoms with Crippen LogP contribution in [0.25, 0.3) is 11.0 Å². The first-order chi connectivity index (χ1) is 13.4. The van der Waals surface area contributed by atoms with Gasteiger partial charge in [0, 0.05) is 11.9 Å². The fourth-order valence-electron chi connectivity index (χ4n) is 2.76. The maximum atomic E-state index is 12.8. The Bertz CT molecular complexity index is 1010. The molecule has 0 aliphatic rings. The summed E-state index contributed by atoms with van der Waals surface area (Å²) in [6.07, 6.45) is 0. The highest BCUT2D eigenvalue weighted by molar-refractivity contribution is 6.39. The summed E-state index contributed by atoms with van der Waals surface area (Å²) in [5.41, 5.74) is 0.796. The number of likely N-dealkylation sites (N-methyl/N-ethyl adjacent to an activating group) is 1. The largest absolute Gasteiger partial charge is 0.493 e. The van der Waals surface area contributed by atoms with Gasteiger partial charge in [0.25, 0.3) is 5.91 Å². The van der Waals surface area contributed by atoms with Gasteiger partial charge in [-0.15, -0.1) is 0 Å². The normalized spacial score (nSPS) is 10.7. The lowest BCUT2D eigenvalue weighted by atomic mass is 10.2. The SMILES string of the molecule is CCN(CC(=O)Nc1c(Cl)cccc1Cl)C(=O)c1cc2cccc(OC)c2o1. The van der Waals surface area contributed by atoms with E-state index in [1.165, 1.54) is 12.0 Å². The number of fused-ring (bicyclic) bond motifs is 1. The molecule has 0 fully saturated rings. The first-order valence-electron chi connectivity index (χ1n) is 8.54. The van der Waals surface area contributed by atoms with Crippen molar-refractivity contribution < 1.29 is 18.7 Å². The number of amides is 2. The molecule has 0 saturated heterocycles. The summed E-state index contributed by atoms with van der Waals surface area (Å²) in [6.45, 7) is 1.92. The topological polar surface area (TPSA) is 71.8 Å². The van der Waals surface area contributed by atoms with Crippen molar-refractivity contribution >= 4 is 51.7 Å². The molecule has 0 atom stereocenters. The summed E-state index contributed by atoms with van der Waals surface area (Å²) in [4.78, 5) is 26.6. The van der Waals surface area contributed by atoms with Crippen molar-refractivity contribution in [3.8, 4) is 5.75 Å². The number of nitrogens with one attached hydrogen (secondary N) is 1. The third-order valence-corrected chi connectivity index (χ3v) is 4.80. The predicted octanol–water partition coefficient (Wildman–Crippen LogP) is 4.85. The predicted molar refractivity (Wildman–Crippen MR) is 109 cm³/mol. The molecule has 3 aromatic rings. The number of furan rings is 1. The van der Waals surface area contributed by atoms with E-state index >= 15 is 0 Å². The number of benzene rings is 2. The second-order valence-electron chi connectivity index (χ2n) is 5.95. The molecule has 3 rings (SSSR count). The summed E-state index contributed by atoms with van der Waals surface area (Å²) in [6, 6.07) is 11.9. The molecule has 0 bridgehead atoms. The highest BCUT2D eigenvalue weighted by atomic mass is 35.5. The van der Waals surface area contributed by atoms with Gasteiger partial charge in [0.15, 0.2) is 17.1 Å². The molecule has 1 aromatic heterocycles. The Labute approximate surface area is 172 Å². The van der Waals surface area contributed by atoms with Crippen molar-refractivity contribution in [2.45, 2.75) is 6.92 Å². The van der Waals surface area contributed by atoms with Crippen LogP contribution in [0, 0.1) is 0 Å². The number of para-hydroxylation sites is 2. The van der Waals surface area contributed by atoms with Crippen LogP contribution in [0.15, 0.2) is 46.9 Å². The van der Waals surface area contributed by atoms with Crippen molar-refractivity contribution in [3.05, 3.63) is 58.3 Å². The van der Waals surface area contributed by atoms with E-state index in [2.05, 4.69) is 5.32 Å². The molecule has 0 saturated carbocycles. The minimum absolute atomic E-state index is 0.130. The van der Waals surface area contributed by atoms with Crippen molar-refractivity contribution in [2.75, 3.05) is 25.5 Å². The molecule has 2 amide bonds. The van der Waals surface area contributed by atoms with Crippen LogP contribution in [0.4, 0.5) is 5.69 Å². The Kier molecular flexibility index (Phi) is 6.11. The van der Waals surface area contributed by atoms with Gasteiger partial charge in [-0.2, -0.15) is 0 Å². The molecule has 8 heteroatoms. The van der Waals surface area contributed by atoms with E-state index in [-0.39, 0.29) is 12.3 Å². The minimum Gasteiger partial charge on any atom is -0.493 e. The lowest BCUT2D eigenvalue weighted by molar-refractivity contribution is -0.116. The van der Waals surface area contributed by atoms with Crippen molar-refractivity contribution in [2.24, 2.45) is 0 Å². The maximum absolute atomic E-state index is 12.8. The molecule has 2 aromatic carbocycles.